The summed E-state index contributed by atoms with van der Waals surface area (Å²) in [6, 6.07) is 3.92. The van der Waals surface area contributed by atoms with Gasteiger partial charge in [0.15, 0.2) is 0 Å². The topological polar surface area (TPSA) is 76.5 Å². The smallest absolute Gasteiger partial charge is 0.317 e. The van der Waals surface area contributed by atoms with E-state index in [1.54, 1.807) is 28.8 Å². The van der Waals surface area contributed by atoms with Crippen LogP contribution in [0.4, 0.5) is 4.79 Å². The first kappa shape index (κ1) is 17.1. The predicted octanol–water partition coefficient (Wildman–Crippen LogP) is 2.25. The van der Waals surface area contributed by atoms with Crippen molar-refractivity contribution in [2.75, 3.05) is 13.1 Å². The molecule has 2 aromatic rings. The monoisotopic (exact) mass is 374 g/mol. The van der Waals surface area contributed by atoms with E-state index < -0.39 is 5.41 Å². The second-order valence-corrected chi connectivity index (χ2v) is 8.03. The van der Waals surface area contributed by atoms with E-state index in [-0.39, 0.29) is 18.1 Å². The fourth-order valence-corrected chi connectivity index (χ4v) is 4.45. The first-order valence-electron chi connectivity index (χ1n) is 8.87. The van der Waals surface area contributed by atoms with E-state index in [9.17, 15) is 9.59 Å². The minimum Gasteiger partial charge on any atom is -0.460 e. The van der Waals surface area contributed by atoms with Crippen LogP contribution in [-0.2, 0) is 22.6 Å². The van der Waals surface area contributed by atoms with E-state index in [0.717, 1.165) is 4.88 Å². The molecule has 2 amide bonds. The number of ether oxygens (including phenoxy) is 1. The zero-order valence-electron chi connectivity index (χ0n) is 14.5. The van der Waals surface area contributed by atoms with Crippen molar-refractivity contribution in [3.63, 3.8) is 0 Å². The number of hydrogen-bond acceptors (Lipinski definition) is 5. The molecular weight excluding hydrogens is 352 g/mol. The number of esters is 1. The molecule has 0 aliphatic carbocycles. The SMILES string of the molecule is O=C(NCc1cccs1)N1CCC2(CC1)CC(Cn1ccnc1)OC2=O. The lowest BCUT2D eigenvalue weighted by Gasteiger charge is -2.36. The van der Waals surface area contributed by atoms with Crippen LogP contribution in [0.15, 0.2) is 36.2 Å². The van der Waals surface area contributed by atoms with Crippen LogP contribution in [0.25, 0.3) is 0 Å². The summed E-state index contributed by atoms with van der Waals surface area (Å²) in [7, 11) is 0. The van der Waals surface area contributed by atoms with Crippen LogP contribution in [0.2, 0.25) is 0 Å². The lowest BCUT2D eigenvalue weighted by molar-refractivity contribution is -0.150. The van der Waals surface area contributed by atoms with Crippen LogP contribution >= 0.6 is 11.3 Å². The van der Waals surface area contributed by atoms with Crippen LogP contribution in [0, 0.1) is 5.41 Å². The van der Waals surface area contributed by atoms with Crippen molar-refractivity contribution in [3.8, 4) is 0 Å². The standard InChI is InChI=1S/C18H22N4O3S/c23-16-18(10-14(25-16)12-21-8-5-19-13-21)3-6-22(7-4-18)17(24)20-11-15-2-1-9-26-15/h1-2,5,8-9,13-14H,3-4,6-7,10-12H2,(H,20,24). The van der Waals surface area contributed by atoms with E-state index in [4.69, 9.17) is 4.74 Å². The number of amides is 2. The maximum absolute atomic E-state index is 12.5. The maximum atomic E-state index is 12.5. The van der Waals surface area contributed by atoms with E-state index >= 15 is 0 Å². The number of aromatic nitrogens is 2. The summed E-state index contributed by atoms with van der Waals surface area (Å²) in [4.78, 5) is 31.8. The number of imidazole rings is 1. The molecule has 0 aromatic carbocycles. The summed E-state index contributed by atoms with van der Waals surface area (Å²) in [6.45, 7) is 2.36. The number of nitrogens with one attached hydrogen (secondary N) is 1. The van der Waals surface area contributed by atoms with Crippen molar-refractivity contribution >= 4 is 23.3 Å². The normalized spacial score (nSPS) is 21.8. The Labute approximate surface area is 156 Å². The predicted molar refractivity (Wildman–Crippen MR) is 96.5 cm³/mol. The van der Waals surface area contributed by atoms with E-state index in [2.05, 4.69) is 10.3 Å². The molecule has 8 heteroatoms. The van der Waals surface area contributed by atoms with Gasteiger partial charge in [0.25, 0.3) is 0 Å². The Balaban J connectivity index is 1.29. The Kier molecular flexibility index (Phi) is 4.67. The molecule has 0 bridgehead atoms. The third-order valence-electron chi connectivity index (χ3n) is 5.30. The zero-order chi connectivity index (χ0) is 18.0. The summed E-state index contributed by atoms with van der Waals surface area (Å²) in [5, 5.41) is 4.95. The quantitative estimate of drug-likeness (QED) is 0.833. The Morgan fingerprint density at radius 3 is 2.96 bits per heavy atom. The van der Waals surface area contributed by atoms with Gasteiger partial charge < -0.3 is 19.5 Å². The van der Waals surface area contributed by atoms with Gasteiger partial charge in [0, 0.05) is 36.8 Å². The average molecular weight is 374 g/mol. The molecule has 2 fully saturated rings. The van der Waals surface area contributed by atoms with Gasteiger partial charge in [-0.15, -0.1) is 11.3 Å². The van der Waals surface area contributed by atoms with E-state index in [1.807, 2.05) is 28.3 Å². The lowest BCUT2D eigenvalue weighted by atomic mass is 9.76. The van der Waals surface area contributed by atoms with Gasteiger partial charge in [-0.3, -0.25) is 4.79 Å². The zero-order valence-corrected chi connectivity index (χ0v) is 15.3. The Morgan fingerprint density at radius 1 is 1.42 bits per heavy atom. The van der Waals surface area contributed by atoms with Crippen molar-refractivity contribution in [2.24, 2.45) is 5.41 Å². The van der Waals surface area contributed by atoms with Crippen LogP contribution in [0.3, 0.4) is 0 Å². The number of thiophene rings is 1. The second kappa shape index (κ2) is 7.11. The first-order valence-corrected chi connectivity index (χ1v) is 9.75. The Morgan fingerprint density at radius 2 is 2.27 bits per heavy atom. The van der Waals surface area contributed by atoms with Gasteiger partial charge >= 0.3 is 12.0 Å². The highest BCUT2D eigenvalue weighted by Gasteiger charge is 2.50. The van der Waals surface area contributed by atoms with E-state index in [0.29, 0.717) is 45.4 Å². The third-order valence-corrected chi connectivity index (χ3v) is 6.18. The fraction of sp³-hybridized carbons (Fsp3) is 0.500. The Bertz CT molecular complexity index is 752. The average Bonchev–Trinajstić information content (AvgIpc) is 3.38. The maximum Gasteiger partial charge on any atom is 0.317 e. The van der Waals surface area contributed by atoms with Gasteiger partial charge in [-0.25, -0.2) is 9.78 Å². The number of rotatable bonds is 4. The highest BCUT2D eigenvalue weighted by molar-refractivity contribution is 7.09. The number of carbonyl (C=O) groups excluding carboxylic acids is 2. The highest BCUT2D eigenvalue weighted by atomic mass is 32.1. The molecule has 138 valence electrons. The molecular formula is C18H22N4O3S. The molecule has 2 aliphatic rings. The number of piperidine rings is 1. The molecule has 7 nitrogen and oxygen atoms in total. The molecule has 2 aliphatic heterocycles. The number of nitrogens with zero attached hydrogens (tertiary/aromatic N) is 3. The van der Waals surface area contributed by atoms with Gasteiger partial charge in [0.1, 0.15) is 6.10 Å². The third kappa shape index (κ3) is 3.46. The molecule has 0 saturated carbocycles. The van der Waals surface area contributed by atoms with Crippen molar-refractivity contribution in [1.82, 2.24) is 19.8 Å². The molecule has 2 aromatic heterocycles. The summed E-state index contributed by atoms with van der Waals surface area (Å²) in [5.41, 5.74) is -0.435. The molecule has 1 unspecified atom stereocenters. The second-order valence-electron chi connectivity index (χ2n) is 7.00. The number of carbonyl (C=O) groups is 2. The number of cyclic esters (lactones) is 1. The summed E-state index contributed by atoms with van der Waals surface area (Å²) >= 11 is 1.63. The molecule has 4 heterocycles. The minimum absolute atomic E-state index is 0.0606. The highest BCUT2D eigenvalue weighted by Crippen LogP contribution is 2.43. The molecule has 26 heavy (non-hydrogen) atoms. The largest absolute Gasteiger partial charge is 0.460 e. The number of hydrogen-bond donors (Lipinski definition) is 1. The summed E-state index contributed by atoms with van der Waals surface area (Å²) < 4.78 is 7.55. The summed E-state index contributed by atoms with van der Waals surface area (Å²) in [6.07, 6.45) is 7.26. The van der Waals surface area contributed by atoms with Crippen molar-refractivity contribution in [3.05, 3.63) is 41.1 Å². The van der Waals surface area contributed by atoms with Gasteiger partial charge in [-0.05, 0) is 24.3 Å². The van der Waals surface area contributed by atoms with Crippen LogP contribution in [-0.4, -0.2) is 45.6 Å². The molecule has 1 spiro atoms. The van der Waals surface area contributed by atoms with Gasteiger partial charge in [-0.1, -0.05) is 6.07 Å². The van der Waals surface area contributed by atoms with Crippen LogP contribution in [0.5, 0.6) is 0 Å². The lowest BCUT2D eigenvalue weighted by Crippen LogP contribution is -2.48. The van der Waals surface area contributed by atoms with Gasteiger partial charge in [0.05, 0.1) is 24.8 Å². The van der Waals surface area contributed by atoms with Crippen molar-refractivity contribution in [2.45, 2.75) is 38.5 Å². The van der Waals surface area contributed by atoms with Crippen LogP contribution in [0.1, 0.15) is 24.1 Å². The number of likely N-dealkylation sites (tertiary alicyclic amines) is 1. The molecule has 1 N–H and O–H groups in total. The van der Waals surface area contributed by atoms with Crippen molar-refractivity contribution < 1.29 is 14.3 Å². The fourth-order valence-electron chi connectivity index (χ4n) is 3.80. The van der Waals surface area contributed by atoms with Gasteiger partial charge in [0.2, 0.25) is 0 Å². The first-order chi connectivity index (χ1) is 12.6. The molecule has 4 rings (SSSR count). The Hall–Kier alpha value is -2.35. The van der Waals surface area contributed by atoms with Crippen LogP contribution < -0.4 is 5.32 Å². The minimum atomic E-state index is -0.435. The molecule has 1 atom stereocenters. The molecule has 2 saturated heterocycles. The van der Waals surface area contributed by atoms with Crippen molar-refractivity contribution in [1.29, 1.82) is 0 Å². The molecule has 0 radical (unpaired) electrons. The van der Waals surface area contributed by atoms with Gasteiger partial charge in [-0.2, -0.15) is 0 Å². The number of urea groups is 1. The van der Waals surface area contributed by atoms with E-state index in [1.165, 1.54) is 0 Å². The summed E-state index contributed by atoms with van der Waals surface area (Å²) in [5.74, 6) is -0.110.